The Balaban J connectivity index is 1.68. The number of carbonyl (C=O) groups is 1. The van der Waals surface area contributed by atoms with E-state index in [-0.39, 0.29) is 5.56 Å². The molecule has 1 unspecified atom stereocenters. The summed E-state index contributed by atoms with van der Waals surface area (Å²) >= 11 is 0. The molecule has 0 aliphatic rings. The predicted molar refractivity (Wildman–Crippen MR) is 116 cm³/mol. The van der Waals surface area contributed by atoms with Crippen molar-refractivity contribution >= 4 is 22.6 Å². The maximum Gasteiger partial charge on any atom is 0.418 e. The van der Waals surface area contributed by atoms with Crippen molar-refractivity contribution in [3.63, 3.8) is 0 Å². The van der Waals surface area contributed by atoms with Crippen LogP contribution in [0.25, 0.3) is 10.9 Å². The van der Waals surface area contributed by atoms with E-state index < -0.39 is 41.2 Å². The second kappa shape index (κ2) is 9.24. The normalized spacial score (nSPS) is 12.9. The summed E-state index contributed by atoms with van der Waals surface area (Å²) in [5.74, 6) is 0. The molecule has 2 N–H and O–H groups in total. The average Bonchev–Trinajstić information content (AvgIpc) is 2.81. The van der Waals surface area contributed by atoms with Gasteiger partial charge in [0, 0.05) is 23.5 Å². The number of anilines is 1. The van der Waals surface area contributed by atoms with E-state index >= 15 is 0 Å². The molecule has 0 aliphatic heterocycles. The lowest BCUT2D eigenvalue weighted by molar-refractivity contribution is -0.139. The van der Waals surface area contributed by atoms with E-state index in [2.05, 4.69) is 20.6 Å². The lowest BCUT2D eigenvalue weighted by atomic mass is 9.98. The molecule has 0 spiro atoms. The van der Waals surface area contributed by atoms with Crippen LogP contribution in [0, 0.1) is 0 Å². The molecule has 5 nitrogen and oxygen atoms in total. The summed E-state index contributed by atoms with van der Waals surface area (Å²) in [6.07, 6.45) is -6.73. The zero-order valence-corrected chi connectivity index (χ0v) is 17.7. The number of nitrogens with one attached hydrogen (secondary N) is 2. The van der Waals surface area contributed by atoms with Gasteiger partial charge in [0.05, 0.1) is 28.4 Å². The Labute approximate surface area is 194 Å². The van der Waals surface area contributed by atoms with E-state index in [1.54, 1.807) is 36.5 Å². The number of halogens is 6. The molecule has 0 radical (unpaired) electrons. The number of hydrogen-bond acceptors (Lipinski definition) is 3. The van der Waals surface area contributed by atoms with Crippen LogP contribution in [-0.2, 0) is 12.4 Å². The Hall–Kier alpha value is -4.15. The van der Waals surface area contributed by atoms with Gasteiger partial charge in [-0.3, -0.25) is 9.97 Å². The molecule has 2 amide bonds. The molecule has 0 fully saturated rings. The fourth-order valence-corrected chi connectivity index (χ4v) is 3.51. The van der Waals surface area contributed by atoms with E-state index in [9.17, 15) is 31.1 Å². The molecule has 180 valence electrons. The van der Waals surface area contributed by atoms with Crippen LogP contribution in [0.15, 0.2) is 79.1 Å². The van der Waals surface area contributed by atoms with Crippen molar-refractivity contribution in [3.05, 3.63) is 102 Å². The van der Waals surface area contributed by atoms with Gasteiger partial charge >= 0.3 is 18.4 Å². The van der Waals surface area contributed by atoms with Gasteiger partial charge in [-0.25, -0.2) is 4.79 Å². The second-order valence-electron chi connectivity index (χ2n) is 7.50. The first kappa shape index (κ1) is 24.0. The van der Waals surface area contributed by atoms with Gasteiger partial charge in [0.15, 0.2) is 0 Å². The molecule has 2 heterocycles. The van der Waals surface area contributed by atoms with E-state index in [1.807, 2.05) is 0 Å². The molecular formula is C24H16F6N4O. The molecule has 0 saturated heterocycles. The average molecular weight is 490 g/mol. The van der Waals surface area contributed by atoms with Gasteiger partial charge in [-0.15, -0.1) is 0 Å². The van der Waals surface area contributed by atoms with Crippen LogP contribution >= 0.6 is 0 Å². The molecule has 2 aromatic heterocycles. The smallest absolute Gasteiger partial charge is 0.325 e. The third kappa shape index (κ3) is 5.51. The fourth-order valence-electron chi connectivity index (χ4n) is 3.51. The predicted octanol–water partition coefficient (Wildman–Crippen LogP) is 6.58. The van der Waals surface area contributed by atoms with E-state index in [1.165, 1.54) is 0 Å². The molecule has 4 rings (SSSR count). The number of rotatable bonds is 4. The van der Waals surface area contributed by atoms with Gasteiger partial charge in [-0.1, -0.05) is 18.2 Å². The number of fused-ring (bicyclic) bond motifs is 1. The van der Waals surface area contributed by atoms with Gasteiger partial charge in [0.25, 0.3) is 0 Å². The van der Waals surface area contributed by atoms with Crippen molar-refractivity contribution in [3.8, 4) is 0 Å². The molecule has 35 heavy (non-hydrogen) atoms. The Morgan fingerprint density at radius 1 is 0.800 bits per heavy atom. The molecule has 2 aromatic carbocycles. The highest BCUT2D eigenvalue weighted by atomic mass is 19.4. The summed E-state index contributed by atoms with van der Waals surface area (Å²) in [5, 5.41) is 5.65. The number of carbonyl (C=O) groups excluding carboxylic acids is 1. The van der Waals surface area contributed by atoms with Crippen molar-refractivity contribution in [2.75, 3.05) is 5.32 Å². The third-order valence-electron chi connectivity index (χ3n) is 5.13. The number of benzene rings is 2. The van der Waals surface area contributed by atoms with Crippen molar-refractivity contribution in [2.24, 2.45) is 0 Å². The maximum atomic E-state index is 13.7. The van der Waals surface area contributed by atoms with E-state index in [0.29, 0.717) is 16.6 Å². The minimum absolute atomic E-state index is 0.0138. The molecule has 11 heteroatoms. The van der Waals surface area contributed by atoms with Gasteiger partial charge in [0.2, 0.25) is 0 Å². The third-order valence-corrected chi connectivity index (χ3v) is 5.13. The number of nitrogens with zero attached hydrogens (tertiary/aromatic N) is 2. The topological polar surface area (TPSA) is 66.9 Å². The minimum Gasteiger partial charge on any atom is -0.325 e. The Kier molecular flexibility index (Phi) is 6.33. The van der Waals surface area contributed by atoms with Gasteiger partial charge in [-0.2, -0.15) is 26.3 Å². The first-order valence-corrected chi connectivity index (χ1v) is 10.1. The van der Waals surface area contributed by atoms with Gasteiger partial charge < -0.3 is 10.6 Å². The number of alkyl halides is 6. The lowest BCUT2D eigenvalue weighted by Gasteiger charge is -2.23. The van der Waals surface area contributed by atoms with Crippen molar-refractivity contribution < 1.29 is 31.1 Å². The summed E-state index contributed by atoms with van der Waals surface area (Å²) in [5.41, 5.74) is -1.67. The summed E-state index contributed by atoms with van der Waals surface area (Å²) in [4.78, 5) is 20.7. The molecule has 0 aliphatic carbocycles. The second-order valence-corrected chi connectivity index (χ2v) is 7.50. The van der Waals surface area contributed by atoms with Crippen LogP contribution in [0.5, 0.6) is 0 Å². The van der Waals surface area contributed by atoms with Crippen LogP contribution in [0.2, 0.25) is 0 Å². The highest BCUT2D eigenvalue weighted by Crippen LogP contribution is 2.36. The fraction of sp³-hybridized carbons (Fsp3) is 0.125. The SMILES string of the molecule is O=C(Nc1ccc2ncccc2c1)NC(c1ccc(C(F)(F)F)cc1)c1ncccc1C(F)(F)F. The minimum atomic E-state index is -4.81. The first-order chi connectivity index (χ1) is 16.5. The molecular weight excluding hydrogens is 474 g/mol. The van der Waals surface area contributed by atoms with Gasteiger partial charge in [-0.05, 0) is 54.1 Å². The van der Waals surface area contributed by atoms with Crippen LogP contribution in [0.4, 0.5) is 36.8 Å². The maximum absolute atomic E-state index is 13.7. The molecule has 0 bridgehead atoms. The van der Waals surface area contributed by atoms with E-state index in [4.69, 9.17) is 0 Å². The number of pyridine rings is 2. The van der Waals surface area contributed by atoms with Crippen LogP contribution in [0.3, 0.4) is 0 Å². The molecule has 1 atom stereocenters. The Bertz CT molecular complexity index is 1350. The standard InChI is InChI=1S/C24H16F6N4O/c25-23(26,27)16-7-5-14(6-8-16)20(21-18(24(28,29)30)4-2-12-32-21)34-22(35)33-17-9-10-19-15(13-17)3-1-11-31-19/h1-13,20H,(H2,33,34,35). The van der Waals surface area contributed by atoms with Crippen LogP contribution in [-0.4, -0.2) is 16.0 Å². The molecule has 0 saturated carbocycles. The quantitative estimate of drug-likeness (QED) is 0.318. The number of aromatic nitrogens is 2. The summed E-state index contributed by atoms with van der Waals surface area (Å²) < 4.78 is 79.9. The zero-order chi connectivity index (χ0) is 25.2. The summed E-state index contributed by atoms with van der Waals surface area (Å²) in [6, 6.07) is 11.3. The van der Waals surface area contributed by atoms with Crippen molar-refractivity contribution in [2.45, 2.75) is 18.4 Å². The zero-order valence-electron chi connectivity index (χ0n) is 17.7. The van der Waals surface area contributed by atoms with Crippen LogP contribution in [0.1, 0.15) is 28.4 Å². The monoisotopic (exact) mass is 490 g/mol. The Morgan fingerprint density at radius 3 is 2.17 bits per heavy atom. The van der Waals surface area contributed by atoms with Crippen LogP contribution < -0.4 is 10.6 Å². The molecule has 4 aromatic rings. The number of urea groups is 1. The highest BCUT2D eigenvalue weighted by molar-refractivity contribution is 5.93. The Morgan fingerprint density at radius 2 is 1.49 bits per heavy atom. The first-order valence-electron chi connectivity index (χ1n) is 10.1. The number of amides is 2. The summed E-state index contributed by atoms with van der Waals surface area (Å²) in [7, 11) is 0. The summed E-state index contributed by atoms with van der Waals surface area (Å²) in [6.45, 7) is 0. The van der Waals surface area contributed by atoms with E-state index in [0.717, 1.165) is 42.6 Å². The van der Waals surface area contributed by atoms with Crippen molar-refractivity contribution in [1.82, 2.24) is 15.3 Å². The lowest BCUT2D eigenvalue weighted by Crippen LogP contribution is -2.35. The number of hydrogen-bond donors (Lipinski definition) is 2. The largest absolute Gasteiger partial charge is 0.418 e. The van der Waals surface area contributed by atoms with Crippen molar-refractivity contribution in [1.29, 1.82) is 0 Å². The highest BCUT2D eigenvalue weighted by Gasteiger charge is 2.37. The van der Waals surface area contributed by atoms with Gasteiger partial charge in [0.1, 0.15) is 0 Å².